The van der Waals surface area contributed by atoms with Crippen LogP contribution in [0.15, 0.2) is 30.3 Å². The van der Waals surface area contributed by atoms with Crippen LogP contribution in [-0.4, -0.2) is 28.4 Å². The van der Waals surface area contributed by atoms with E-state index in [0.717, 1.165) is 19.4 Å². The van der Waals surface area contributed by atoms with Crippen LogP contribution in [0.5, 0.6) is 0 Å². The van der Waals surface area contributed by atoms with Gasteiger partial charge in [0.1, 0.15) is 0 Å². The molecular formula is C14H18N2O. The number of hydrogen-bond acceptors (Lipinski definition) is 2. The number of benzene rings is 1. The minimum absolute atomic E-state index is 0.567. The van der Waals surface area contributed by atoms with E-state index in [1.807, 2.05) is 0 Å². The van der Waals surface area contributed by atoms with Crippen LogP contribution < -0.4 is 5.32 Å². The SMILES string of the molecule is Cn1c(CC2(O)CCNC2)cc2ccccc21. The second-order valence-electron chi connectivity index (χ2n) is 5.08. The van der Waals surface area contributed by atoms with E-state index in [9.17, 15) is 5.11 Å². The molecule has 0 bridgehead atoms. The molecule has 1 aromatic carbocycles. The van der Waals surface area contributed by atoms with E-state index in [-0.39, 0.29) is 0 Å². The van der Waals surface area contributed by atoms with Gasteiger partial charge in [0.05, 0.1) is 5.60 Å². The number of hydrogen-bond donors (Lipinski definition) is 2. The minimum atomic E-state index is -0.567. The predicted octanol–water partition coefficient (Wildman–Crippen LogP) is 1.45. The smallest absolute Gasteiger partial charge is 0.0838 e. The monoisotopic (exact) mass is 230 g/mol. The summed E-state index contributed by atoms with van der Waals surface area (Å²) in [5, 5.41) is 14.9. The summed E-state index contributed by atoms with van der Waals surface area (Å²) in [5.41, 5.74) is 1.87. The van der Waals surface area contributed by atoms with Gasteiger partial charge in [0.2, 0.25) is 0 Å². The molecule has 1 saturated heterocycles. The summed E-state index contributed by atoms with van der Waals surface area (Å²) >= 11 is 0. The van der Waals surface area contributed by atoms with E-state index in [1.165, 1.54) is 16.6 Å². The van der Waals surface area contributed by atoms with Crippen molar-refractivity contribution in [1.29, 1.82) is 0 Å². The molecule has 17 heavy (non-hydrogen) atoms. The number of rotatable bonds is 2. The maximum atomic E-state index is 10.4. The van der Waals surface area contributed by atoms with Gasteiger partial charge in [-0.1, -0.05) is 18.2 Å². The van der Waals surface area contributed by atoms with Crippen LogP contribution in [0.25, 0.3) is 10.9 Å². The van der Waals surface area contributed by atoms with Crippen molar-refractivity contribution in [2.45, 2.75) is 18.4 Å². The third-order valence-electron chi connectivity index (χ3n) is 3.78. The van der Waals surface area contributed by atoms with Crippen molar-refractivity contribution >= 4 is 10.9 Å². The van der Waals surface area contributed by atoms with Gasteiger partial charge in [0.25, 0.3) is 0 Å². The molecular weight excluding hydrogens is 212 g/mol. The van der Waals surface area contributed by atoms with E-state index in [2.05, 4.69) is 47.3 Å². The Morgan fingerprint density at radius 3 is 2.94 bits per heavy atom. The van der Waals surface area contributed by atoms with Crippen LogP contribution in [0.2, 0.25) is 0 Å². The zero-order valence-electron chi connectivity index (χ0n) is 10.1. The summed E-state index contributed by atoms with van der Waals surface area (Å²) in [6, 6.07) is 10.5. The highest BCUT2D eigenvalue weighted by Gasteiger charge is 2.32. The average Bonchev–Trinajstić information content (AvgIpc) is 2.86. The fraction of sp³-hybridized carbons (Fsp3) is 0.429. The number of para-hydroxylation sites is 1. The lowest BCUT2D eigenvalue weighted by Gasteiger charge is -2.21. The molecule has 1 aliphatic heterocycles. The zero-order chi connectivity index (χ0) is 11.9. The summed E-state index contributed by atoms with van der Waals surface area (Å²) in [4.78, 5) is 0. The van der Waals surface area contributed by atoms with Crippen molar-refractivity contribution in [1.82, 2.24) is 9.88 Å². The van der Waals surface area contributed by atoms with Gasteiger partial charge in [0.15, 0.2) is 0 Å². The normalized spacial score (nSPS) is 24.6. The van der Waals surface area contributed by atoms with E-state index in [1.54, 1.807) is 0 Å². The number of aryl methyl sites for hydroxylation is 1. The highest BCUT2D eigenvalue weighted by Crippen LogP contribution is 2.25. The summed E-state index contributed by atoms with van der Waals surface area (Å²) < 4.78 is 2.19. The molecule has 1 unspecified atom stereocenters. The Morgan fingerprint density at radius 1 is 1.41 bits per heavy atom. The number of nitrogens with zero attached hydrogens (tertiary/aromatic N) is 1. The lowest BCUT2D eigenvalue weighted by Crippen LogP contribution is -2.34. The van der Waals surface area contributed by atoms with Gasteiger partial charge < -0.3 is 15.0 Å². The Balaban J connectivity index is 1.97. The molecule has 1 fully saturated rings. The molecule has 0 saturated carbocycles. The van der Waals surface area contributed by atoms with Gasteiger partial charge in [0, 0.05) is 31.2 Å². The molecule has 0 amide bonds. The van der Waals surface area contributed by atoms with Crippen LogP contribution in [0.3, 0.4) is 0 Å². The molecule has 3 heteroatoms. The van der Waals surface area contributed by atoms with E-state index in [0.29, 0.717) is 6.54 Å². The van der Waals surface area contributed by atoms with Crippen LogP contribution >= 0.6 is 0 Å². The van der Waals surface area contributed by atoms with E-state index < -0.39 is 5.60 Å². The van der Waals surface area contributed by atoms with Gasteiger partial charge in [-0.2, -0.15) is 0 Å². The summed E-state index contributed by atoms with van der Waals surface area (Å²) in [5.74, 6) is 0. The van der Waals surface area contributed by atoms with Crippen molar-refractivity contribution in [3.8, 4) is 0 Å². The molecule has 3 nitrogen and oxygen atoms in total. The second-order valence-corrected chi connectivity index (χ2v) is 5.08. The Morgan fingerprint density at radius 2 is 2.24 bits per heavy atom. The van der Waals surface area contributed by atoms with Crippen molar-refractivity contribution < 1.29 is 5.11 Å². The van der Waals surface area contributed by atoms with Crippen molar-refractivity contribution in [3.63, 3.8) is 0 Å². The lowest BCUT2D eigenvalue weighted by atomic mass is 9.97. The first-order chi connectivity index (χ1) is 8.18. The third kappa shape index (κ3) is 1.85. The van der Waals surface area contributed by atoms with Crippen LogP contribution in [0, 0.1) is 0 Å². The van der Waals surface area contributed by atoms with E-state index in [4.69, 9.17) is 0 Å². The number of aliphatic hydroxyl groups is 1. The Bertz CT molecular complexity index is 538. The molecule has 2 heterocycles. The van der Waals surface area contributed by atoms with Crippen LogP contribution in [0.1, 0.15) is 12.1 Å². The molecule has 3 rings (SSSR count). The van der Waals surface area contributed by atoms with Crippen molar-refractivity contribution in [2.75, 3.05) is 13.1 Å². The Kier molecular flexibility index (Phi) is 2.45. The van der Waals surface area contributed by atoms with Crippen LogP contribution in [0.4, 0.5) is 0 Å². The fourth-order valence-corrected chi connectivity index (χ4v) is 2.73. The summed E-state index contributed by atoms with van der Waals surface area (Å²) in [7, 11) is 2.07. The third-order valence-corrected chi connectivity index (χ3v) is 3.78. The molecule has 90 valence electrons. The van der Waals surface area contributed by atoms with Gasteiger partial charge in [-0.25, -0.2) is 0 Å². The number of β-amino-alcohol motifs (C(OH)–C–C–N with tert-alkyl or cyclic N) is 1. The highest BCUT2D eigenvalue weighted by molar-refractivity contribution is 5.81. The van der Waals surface area contributed by atoms with Gasteiger partial charge in [-0.15, -0.1) is 0 Å². The first-order valence-corrected chi connectivity index (χ1v) is 6.14. The Hall–Kier alpha value is -1.32. The van der Waals surface area contributed by atoms with Crippen LogP contribution in [-0.2, 0) is 13.5 Å². The molecule has 0 aliphatic carbocycles. The maximum Gasteiger partial charge on any atom is 0.0838 e. The maximum absolute atomic E-state index is 10.4. The molecule has 2 aromatic rings. The predicted molar refractivity (Wildman–Crippen MR) is 69.1 cm³/mol. The highest BCUT2D eigenvalue weighted by atomic mass is 16.3. The number of nitrogens with one attached hydrogen (secondary N) is 1. The topological polar surface area (TPSA) is 37.2 Å². The Labute approximate surface area is 101 Å². The lowest BCUT2D eigenvalue weighted by molar-refractivity contribution is 0.0603. The summed E-state index contributed by atoms with van der Waals surface area (Å²) in [6.07, 6.45) is 1.57. The molecule has 2 N–H and O–H groups in total. The van der Waals surface area contributed by atoms with Crippen molar-refractivity contribution in [3.05, 3.63) is 36.0 Å². The van der Waals surface area contributed by atoms with Gasteiger partial charge in [-0.3, -0.25) is 0 Å². The minimum Gasteiger partial charge on any atom is -0.388 e. The number of fused-ring (bicyclic) bond motifs is 1. The van der Waals surface area contributed by atoms with Gasteiger partial charge >= 0.3 is 0 Å². The molecule has 0 spiro atoms. The van der Waals surface area contributed by atoms with Gasteiger partial charge in [-0.05, 0) is 30.5 Å². The fourth-order valence-electron chi connectivity index (χ4n) is 2.73. The first-order valence-electron chi connectivity index (χ1n) is 6.14. The standard InChI is InChI=1S/C14H18N2O/c1-16-12(9-14(17)6-7-15-10-14)8-11-4-2-3-5-13(11)16/h2-5,8,15,17H,6-7,9-10H2,1H3. The molecule has 1 atom stereocenters. The molecule has 1 aromatic heterocycles. The first kappa shape index (κ1) is 10.8. The van der Waals surface area contributed by atoms with E-state index >= 15 is 0 Å². The second kappa shape index (κ2) is 3.86. The zero-order valence-corrected chi connectivity index (χ0v) is 10.1. The number of aromatic nitrogens is 1. The average molecular weight is 230 g/mol. The molecule has 0 radical (unpaired) electrons. The quantitative estimate of drug-likeness (QED) is 0.819. The van der Waals surface area contributed by atoms with Crippen molar-refractivity contribution in [2.24, 2.45) is 7.05 Å². The largest absolute Gasteiger partial charge is 0.388 e. The summed E-state index contributed by atoms with van der Waals surface area (Å²) in [6.45, 7) is 1.62. The molecule has 1 aliphatic rings.